The molecule has 1 aromatic carbocycles. The molecular weight excluding hydrogens is 224 g/mol. The Morgan fingerprint density at radius 3 is 3.06 bits per heavy atom. The summed E-state index contributed by atoms with van der Waals surface area (Å²) >= 11 is 6.11. The molecule has 1 aliphatic heterocycles. The highest BCUT2D eigenvalue weighted by molar-refractivity contribution is 6.29. The van der Waals surface area contributed by atoms with Gasteiger partial charge in [-0.05, 0) is 36.6 Å². The van der Waals surface area contributed by atoms with Crippen LogP contribution in [0.5, 0.6) is 0 Å². The Kier molecular flexibility index (Phi) is 2.04. The van der Waals surface area contributed by atoms with Gasteiger partial charge >= 0.3 is 0 Å². The minimum atomic E-state index is 0.195. The summed E-state index contributed by atoms with van der Waals surface area (Å²) in [7, 11) is 0. The molecule has 3 rings (SSSR count). The molecule has 1 aromatic heterocycles. The number of halogens is 1. The predicted molar refractivity (Wildman–Crippen MR) is 63.0 cm³/mol. The van der Waals surface area contributed by atoms with E-state index in [4.69, 9.17) is 11.6 Å². The summed E-state index contributed by atoms with van der Waals surface area (Å²) < 4.78 is 1.95. The van der Waals surface area contributed by atoms with Crippen LogP contribution in [0.4, 0.5) is 0 Å². The second-order valence-corrected chi connectivity index (χ2v) is 4.52. The van der Waals surface area contributed by atoms with Crippen LogP contribution in [0.25, 0.3) is 11.0 Å². The molecular formula is C12H11ClN2O. The zero-order valence-electron chi connectivity index (χ0n) is 8.96. The van der Waals surface area contributed by atoms with Gasteiger partial charge in [0, 0.05) is 18.5 Å². The second-order valence-electron chi connectivity index (χ2n) is 4.19. The maximum absolute atomic E-state index is 11.9. The van der Waals surface area contributed by atoms with E-state index in [1.165, 1.54) is 0 Å². The number of hydrogen-bond donors (Lipinski definition) is 0. The first-order chi connectivity index (χ1) is 7.68. The lowest BCUT2D eigenvalue weighted by molar-refractivity contribution is 0.0982. The Balaban J connectivity index is 2.49. The largest absolute Gasteiger partial charge is 0.314 e. The van der Waals surface area contributed by atoms with Gasteiger partial charge in [0.25, 0.3) is 0 Å². The number of carbonyl (C=O) groups excluding carboxylic acids is 1. The van der Waals surface area contributed by atoms with Crippen molar-refractivity contribution < 1.29 is 4.79 Å². The molecule has 0 saturated heterocycles. The summed E-state index contributed by atoms with van der Waals surface area (Å²) in [6.07, 6.45) is 1.42. The van der Waals surface area contributed by atoms with Gasteiger partial charge in [-0.1, -0.05) is 6.07 Å². The Labute approximate surface area is 98.0 Å². The lowest BCUT2D eigenvalue weighted by Gasteiger charge is -2.03. The number of aromatic nitrogens is 2. The van der Waals surface area contributed by atoms with E-state index in [1.54, 1.807) is 0 Å². The molecule has 0 spiro atoms. The van der Waals surface area contributed by atoms with Crippen molar-refractivity contribution >= 4 is 28.4 Å². The number of Topliss-reactive ketones (excluding diaryl/α,β-unsaturated/α-hetero) is 1. The second kappa shape index (κ2) is 3.32. The molecule has 16 heavy (non-hydrogen) atoms. The van der Waals surface area contributed by atoms with Crippen LogP contribution in [0.3, 0.4) is 0 Å². The minimum Gasteiger partial charge on any atom is -0.314 e. The van der Waals surface area contributed by atoms with E-state index < -0.39 is 0 Å². The summed E-state index contributed by atoms with van der Waals surface area (Å²) in [6, 6.07) is 3.83. The number of benzene rings is 1. The van der Waals surface area contributed by atoms with E-state index >= 15 is 0 Å². The molecule has 0 fully saturated rings. The quantitative estimate of drug-likeness (QED) is 0.703. The number of carbonyl (C=O) groups is 1. The molecule has 2 heterocycles. The van der Waals surface area contributed by atoms with Crippen molar-refractivity contribution in [3.05, 3.63) is 28.5 Å². The number of imidazole rings is 1. The van der Waals surface area contributed by atoms with Gasteiger partial charge in [0.15, 0.2) is 5.78 Å². The molecule has 0 amide bonds. The fourth-order valence-corrected chi connectivity index (χ4v) is 2.55. The van der Waals surface area contributed by atoms with Crippen LogP contribution in [-0.2, 0) is 6.54 Å². The lowest BCUT2D eigenvalue weighted by atomic mass is 10.0. The molecule has 82 valence electrons. The Bertz CT molecular complexity index is 601. The van der Waals surface area contributed by atoms with Crippen molar-refractivity contribution in [1.82, 2.24) is 9.55 Å². The summed E-state index contributed by atoms with van der Waals surface area (Å²) in [5.74, 6) is 0.195. The lowest BCUT2D eigenvalue weighted by Crippen LogP contribution is -1.98. The van der Waals surface area contributed by atoms with E-state index in [1.807, 2.05) is 23.6 Å². The Morgan fingerprint density at radius 2 is 2.25 bits per heavy atom. The molecule has 0 atom stereocenters. The third-order valence-electron chi connectivity index (χ3n) is 3.14. The maximum Gasteiger partial charge on any atom is 0.203 e. The molecule has 2 aromatic rings. The van der Waals surface area contributed by atoms with Crippen molar-refractivity contribution in [3.8, 4) is 0 Å². The zero-order chi connectivity index (χ0) is 11.3. The molecule has 0 N–H and O–H groups in total. The van der Waals surface area contributed by atoms with Crippen LogP contribution < -0.4 is 0 Å². The maximum atomic E-state index is 11.9. The van der Waals surface area contributed by atoms with Crippen molar-refractivity contribution in [3.63, 3.8) is 0 Å². The fourth-order valence-electron chi connectivity index (χ4n) is 2.30. The molecule has 0 saturated carbocycles. The van der Waals surface area contributed by atoms with Crippen LogP contribution in [0.1, 0.15) is 28.8 Å². The predicted octanol–water partition coefficient (Wildman–Crippen LogP) is 2.97. The molecule has 4 heteroatoms. The van der Waals surface area contributed by atoms with Gasteiger partial charge in [-0.15, -0.1) is 0 Å². The van der Waals surface area contributed by atoms with E-state index in [2.05, 4.69) is 4.98 Å². The third kappa shape index (κ3) is 1.21. The molecule has 0 bridgehead atoms. The van der Waals surface area contributed by atoms with Gasteiger partial charge in [0.1, 0.15) is 0 Å². The third-order valence-corrected chi connectivity index (χ3v) is 3.42. The highest BCUT2D eigenvalue weighted by atomic mass is 35.5. The Hall–Kier alpha value is -1.35. The first-order valence-corrected chi connectivity index (χ1v) is 5.75. The van der Waals surface area contributed by atoms with Crippen molar-refractivity contribution in [2.45, 2.75) is 26.3 Å². The number of ketones is 1. The minimum absolute atomic E-state index is 0.195. The molecule has 1 aliphatic rings. The van der Waals surface area contributed by atoms with Gasteiger partial charge in [-0.3, -0.25) is 4.79 Å². The average Bonchev–Trinajstić information content (AvgIpc) is 2.49. The van der Waals surface area contributed by atoms with Crippen LogP contribution in [-0.4, -0.2) is 15.3 Å². The first-order valence-electron chi connectivity index (χ1n) is 5.37. The highest BCUT2D eigenvalue weighted by Crippen LogP contribution is 2.29. The number of rotatable bonds is 0. The number of hydrogen-bond acceptors (Lipinski definition) is 2. The molecule has 0 unspecified atom stereocenters. The van der Waals surface area contributed by atoms with E-state index in [0.29, 0.717) is 11.7 Å². The van der Waals surface area contributed by atoms with Gasteiger partial charge in [-0.25, -0.2) is 4.98 Å². The van der Waals surface area contributed by atoms with Gasteiger partial charge < -0.3 is 4.57 Å². The number of aryl methyl sites for hydroxylation is 2. The summed E-state index contributed by atoms with van der Waals surface area (Å²) in [5.41, 5.74) is 3.59. The Morgan fingerprint density at radius 1 is 1.44 bits per heavy atom. The molecule has 0 aliphatic carbocycles. The standard InChI is InChI=1S/C12H11ClN2O/c1-7-4-5-8-9(16)3-2-6-15-11(8)10(7)14-12(15)13/h4-5H,2-3,6H2,1H3. The zero-order valence-corrected chi connectivity index (χ0v) is 9.71. The van der Waals surface area contributed by atoms with Crippen LogP contribution in [0.15, 0.2) is 12.1 Å². The van der Waals surface area contributed by atoms with Crippen LogP contribution in [0.2, 0.25) is 5.28 Å². The van der Waals surface area contributed by atoms with E-state index in [-0.39, 0.29) is 5.78 Å². The van der Waals surface area contributed by atoms with Crippen molar-refractivity contribution in [2.75, 3.05) is 0 Å². The smallest absolute Gasteiger partial charge is 0.203 e. The normalized spacial score (nSPS) is 15.5. The first kappa shape index (κ1) is 9.85. The SMILES string of the molecule is Cc1ccc2c3c1nc(Cl)n3CCCC2=O. The summed E-state index contributed by atoms with van der Waals surface area (Å²) in [5, 5.41) is 0.486. The van der Waals surface area contributed by atoms with Crippen molar-refractivity contribution in [1.29, 1.82) is 0 Å². The van der Waals surface area contributed by atoms with Crippen LogP contribution in [0, 0.1) is 6.92 Å². The fraction of sp³-hybridized carbons (Fsp3) is 0.333. The molecule has 0 radical (unpaired) electrons. The average molecular weight is 235 g/mol. The topological polar surface area (TPSA) is 34.9 Å². The van der Waals surface area contributed by atoms with Gasteiger partial charge in [-0.2, -0.15) is 0 Å². The summed E-state index contributed by atoms with van der Waals surface area (Å²) in [4.78, 5) is 16.3. The monoisotopic (exact) mass is 234 g/mol. The van der Waals surface area contributed by atoms with Crippen molar-refractivity contribution in [2.24, 2.45) is 0 Å². The van der Waals surface area contributed by atoms with E-state index in [0.717, 1.165) is 35.1 Å². The summed E-state index contributed by atoms with van der Waals surface area (Å²) in [6.45, 7) is 2.76. The number of nitrogens with zero attached hydrogens (tertiary/aromatic N) is 2. The van der Waals surface area contributed by atoms with E-state index in [9.17, 15) is 4.79 Å². The van der Waals surface area contributed by atoms with Gasteiger partial charge in [0.05, 0.1) is 11.0 Å². The van der Waals surface area contributed by atoms with Gasteiger partial charge in [0.2, 0.25) is 5.28 Å². The molecule has 3 nitrogen and oxygen atoms in total. The highest BCUT2D eigenvalue weighted by Gasteiger charge is 2.21. The van der Waals surface area contributed by atoms with Crippen LogP contribution >= 0.6 is 11.6 Å².